The summed E-state index contributed by atoms with van der Waals surface area (Å²) in [5.74, 6) is 0.127. The number of nitrogens with zero attached hydrogens (tertiary/aromatic N) is 4. The van der Waals surface area contributed by atoms with Gasteiger partial charge in [0.05, 0.1) is 0 Å². The molecule has 23 heavy (non-hydrogen) atoms. The third kappa shape index (κ3) is 2.90. The number of amides is 1. The van der Waals surface area contributed by atoms with E-state index in [-0.39, 0.29) is 5.91 Å². The number of piperidine rings is 1. The average Bonchev–Trinajstić information content (AvgIpc) is 3.24. The maximum absolute atomic E-state index is 13.0. The molecule has 1 amide bonds. The van der Waals surface area contributed by atoms with Crippen molar-refractivity contribution in [1.29, 1.82) is 0 Å². The van der Waals surface area contributed by atoms with Crippen LogP contribution in [0.4, 0.5) is 0 Å². The number of fused-ring (bicyclic) bond motifs is 1. The molecule has 2 fully saturated rings. The maximum atomic E-state index is 13.0. The van der Waals surface area contributed by atoms with E-state index in [1.165, 1.54) is 32.4 Å². The Kier molecular flexibility index (Phi) is 4.11. The van der Waals surface area contributed by atoms with Gasteiger partial charge in [-0.3, -0.25) is 14.8 Å². The van der Waals surface area contributed by atoms with Crippen LogP contribution < -0.4 is 0 Å². The van der Waals surface area contributed by atoms with Crippen molar-refractivity contribution >= 4 is 5.91 Å². The number of hydrogen-bond acceptors (Lipinski definition) is 4. The van der Waals surface area contributed by atoms with E-state index in [0.717, 1.165) is 50.3 Å². The highest BCUT2D eigenvalue weighted by Crippen LogP contribution is 2.24. The van der Waals surface area contributed by atoms with Gasteiger partial charge in [0, 0.05) is 49.9 Å². The van der Waals surface area contributed by atoms with E-state index in [9.17, 15) is 4.79 Å². The molecular formula is C17H27N5O. The lowest BCUT2D eigenvalue weighted by Crippen LogP contribution is -2.49. The predicted octanol–water partition coefficient (Wildman–Crippen LogP) is 1.10. The number of hydrogen-bond donors (Lipinski definition) is 1. The smallest absolute Gasteiger partial charge is 0.274 e. The van der Waals surface area contributed by atoms with Crippen molar-refractivity contribution in [3.8, 4) is 0 Å². The van der Waals surface area contributed by atoms with Crippen LogP contribution in [-0.2, 0) is 13.0 Å². The fourth-order valence-electron chi connectivity index (χ4n) is 4.30. The molecule has 1 aromatic rings. The quantitative estimate of drug-likeness (QED) is 0.887. The molecular weight excluding hydrogens is 290 g/mol. The number of rotatable bonds is 2. The number of carbonyl (C=O) groups is 1. The molecule has 0 aliphatic carbocycles. The van der Waals surface area contributed by atoms with Gasteiger partial charge in [0.1, 0.15) is 0 Å². The van der Waals surface area contributed by atoms with Crippen LogP contribution in [0.3, 0.4) is 0 Å². The van der Waals surface area contributed by atoms with Crippen molar-refractivity contribution in [2.45, 2.75) is 44.7 Å². The molecule has 0 spiro atoms. The summed E-state index contributed by atoms with van der Waals surface area (Å²) in [6.07, 6.45) is 5.92. The van der Waals surface area contributed by atoms with Gasteiger partial charge in [0.15, 0.2) is 5.69 Å². The van der Waals surface area contributed by atoms with Gasteiger partial charge < -0.3 is 9.80 Å². The molecule has 3 aliphatic heterocycles. The predicted molar refractivity (Wildman–Crippen MR) is 88.4 cm³/mol. The number of carbonyl (C=O) groups excluding carboxylic acids is 1. The summed E-state index contributed by atoms with van der Waals surface area (Å²) in [4.78, 5) is 19.9. The monoisotopic (exact) mass is 317 g/mol. The number of nitrogens with one attached hydrogen (secondary N) is 1. The number of aromatic amines is 1. The second-order valence-electron chi connectivity index (χ2n) is 7.31. The Morgan fingerprint density at radius 2 is 2.00 bits per heavy atom. The lowest BCUT2D eigenvalue weighted by atomic mass is 10.0. The summed E-state index contributed by atoms with van der Waals surface area (Å²) in [6.45, 7) is 6.02. The van der Waals surface area contributed by atoms with Crippen LogP contribution >= 0.6 is 0 Å². The van der Waals surface area contributed by atoms with E-state index in [4.69, 9.17) is 0 Å². The van der Waals surface area contributed by atoms with Gasteiger partial charge in [0.25, 0.3) is 5.91 Å². The van der Waals surface area contributed by atoms with Gasteiger partial charge in [-0.25, -0.2) is 0 Å². The normalized spacial score (nSPS) is 26.5. The zero-order valence-electron chi connectivity index (χ0n) is 14.1. The molecule has 1 aromatic heterocycles. The van der Waals surface area contributed by atoms with Crippen molar-refractivity contribution in [2.24, 2.45) is 0 Å². The lowest BCUT2D eigenvalue weighted by molar-refractivity contribution is 0.0600. The topological polar surface area (TPSA) is 55.5 Å². The Morgan fingerprint density at radius 1 is 1.17 bits per heavy atom. The lowest BCUT2D eigenvalue weighted by Gasteiger charge is -2.37. The van der Waals surface area contributed by atoms with Gasteiger partial charge in [0.2, 0.25) is 0 Å². The number of H-pyrrole nitrogens is 1. The second-order valence-corrected chi connectivity index (χ2v) is 7.31. The Bertz CT molecular complexity index is 578. The maximum Gasteiger partial charge on any atom is 0.274 e. The van der Waals surface area contributed by atoms with E-state index in [1.54, 1.807) is 0 Å². The van der Waals surface area contributed by atoms with Crippen LogP contribution in [-0.4, -0.2) is 76.6 Å². The molecule has 3 aliphatic rings. The summed E-state index contributed by atoms with van der Waals surface area (Å²) in [5, 5.41) is 7.47. The summed E-state index contributed by atoms with van der Waals surface area (Å²) in [7, 11) is 2.11. The van der Waals surface area contributed by atoms with Crippen molar-refractivity contribution in [2.75, 3.05) is 39.8 Å². The van der Waals surface area contributed by atoms with E-state index in [0.29, 0.717) is 11.7 Å². The highest BCUT2D eigenvalue weighted by Gasteiger charge is 2.32. The molecule has 0 saturated carbocycles. The Hall–Kier alpha value is -1.40. The van der Waals surface area contributed by atoms with Crippen LogP contribution in [0, 0.1) is 0 Å². The average molecular weight is 317 g/mol. The van der Waals surface area contributed by atoms with Crippen LogP contribution in [0.1, 0.15) is 47.4 Å². The number of likely N-dealkylation sites (N-methyl/N-ethyl adjacent to an activating group) is 1. The van der Waals surface area contributed by atoms with Crippen LogP contribution in [0.5, 0.6) is 0 Å². The largest absolute Gasteiger partial charge is 0.336 e. The summed E-state index contributed by atoms with van der Waals surface area (Å²) < 4.78 is 0. The number of aromatic nitrogens is 2. The molecule has 2 saturated heterocycles. The standard InChI is InChI=1S/C17H27N5O/c1-20-10-6-15-14(12-20)16(19-18-15)17(23)22-9-4-5-13(11-22)21-7-2-3-8-21/h13H,2-12H2,1H3,(H,18,19)/t13-/m0/s1. The molecule has 0 aromatic carbocycles. The highest BCUT2D eigenvalue weighted by atomic mass is 16.2. The molecule has 4 heterocycles. The van der Waals surface area contributed by atoms with E-state index < -0.39 is 0 Å². The Balaban J connectivity index is 1.49. The molecule has 0 radical (unpaired) electrons. The fourth-order valence-corrected chi connectivity index (χ4v) is 4.30. The van der Waals surface area contributed by atoms with Crippen LogP contribution in [0.25, 0.3) is 0 Å². The van der Waals surface area contributed by atoms with Crippen LogP contribution in [0.15, 0.2) is 0 Å². The van der Waals surface area contributed by atoms with E-state index in [2.05, 4.69) is 27.0 Å². The van der Waals surface area contributed by atoms with Crippen molar-refractivity contribution < 1.29 is 4.79 Å². The SMILES string of the molecule is CN1CCc2[nH]nc(C(=O)N3CCC[C@H](N4CCCC4)C3)c2C1. The fraction of sp³-hybridized carbons (Fsp3) is 0.765. The van der Waals surface area contributed by atoms with Crippen molar-refractivity contribution in [1.82, 2.24) is 24.9 Å². The first-order valence-electron chi connectivity index (χ1n) is 9.00. The minimum atomic E-state index is 0.127. The molecule has 1 N–H and O–H groups in total. The zero-order chi connectivity index (χ0) is 15.8. The van der Waals surface area contributed by atoms with Gasteiger partial charge in [-0.1, -0.05) is 0 Å². The van der Waals surface area contributed by atoms with Gasteiger partial charge in [-0.2, -0.15) is 5.10 Å². The van der Waals surface area contributed by atoms with Crippen molar-refractivity contribution in [3.63, 3.8) is 0 Å². The second kappa shape index (κ2) is 6.24. The summed E-state index contributed by atoms with van der Waals surface area (Å²) in [6, 6.07) is 0.549. The summed E-state index contributed by atoms with van der Waals surface area (Å²) >= 11 is 0. The first kappa shape index (κ1) is 15.1. The van der Waals surface area contributed by atoms with Crippen LogP contribution in [0.2, 0.25) is 0 Å². The van der Waals surface area contributed by atoms with Crippen molar-refractivity contribution in [3.05, 3.63) is 17.0 Å². The Labute approximate surface area is 137 Å². The first-order chi connectivity index (χ1) is 11.2. The van der Waals surface area contributed by atoms with Gasteiger partial charge in [-0.15, -0.1) is 0 Å². The first-order valence-corrected chi connectivity index (χ1v) is 9.00. The highest BCUT2D eigenvalue weighted by molar-refractivity contribution is 5.94. The third-order valence-corrected chi connectivity index (χ3v) is 5.67. The molecule has 6 nitrogen and oxygen atoms in total. The summed E-state index contributed by atoms with van der Waals surface area (Å²) in [5.41, 5.74) is 2.93. The molecule has 0 unspecified atom stereocenters. The zero-order valence-corrected chi connectivity index (χ0v) is 14.1. The minimum Gasteiger partial charge on any atom is -0.336 e. The molecule has 4 rings (SSSR count). The van der Waals surface area contributed by atoms with Gasteiger partial charge in [-0.05, 0) is 45.8 Å². The molecule has 126 valence electrons. The molecule has 0 bridgehead atoms. The Morgan fingerprint density at radius 3 is 2.83 bits per heavy atom. The van der Waals surface area contributed by atoms with Gasteiger partial charge >= 0.3 is 0 Å². The van der Waals surface area contributed by atoms with E-state index in [1.807, 2.05) is 4.90 Å². The number of likely N-dealkylation sites (tertiary alicyclic amines) is 2. The third-order valence-electron chi connectivity index (χ3n) is 5.67. The molecule has 1 atom stereocenters. The minimum absolute atomic E-state index is 0.127. The van der Waals surface area contributed by atoms with E-state index >= 15 is 0 Å². The molecule has 6 heteroatoms.